The molecule has 3 nitrogen and oxygen atoms in total. The normalized spacial score (nSPS) is 44.3. The molecule has 4 fully saturated rings. The van der Waals surface area contributed by atoms with E-state index in [1.54, 1.807) is 0 Å². The van der Waals surface area contributed by atoms with Crippen LogP contribution in [0.1, 0.15) is 90.5 Å². The molecule has 3 heteroatoms. The van der Waals surface area contributed by atoms with Crippen LogP contribution in [0.5, 0.6) is 0 Å². The van der Waals surface area contributed by atoms with Crippen LogP contribution in [-0.2, 0) is 0 Å². The third-order valence-corrected chi connectivity index (χ3v) is 10.6. The fourth-order valence-electron chi connectivity index (χ4n) is 9.15. The van der Waals surface area contributed by atoms with E-state index in [4.69, 9.17) is 5.26 Å². The summed E-state index contributed by atoms with van der Waals surface area (Å²) in [4.78, 5) is 0. The summed E-state index contributed by atoms with van der Waals surface area (Å²) in [6, 6.07) is 10.6. The number of benzene rings is 1. The van der Waals surface area contributed by atoms with Gasteiger partial charge in [-0.05, 0) is 137 Å². The molecule has 2 N–H and O–H groups in total. The van der Waals surface area contributed by atoms with Crippen molar-refractivity contribution in [3.05, 3.63) is 29.8 Å². The zero-order valence-corrected chi connectivity index (χ0v) is 20.3. The average Bonchev–Trinajstić information content (AvgIpc) is 2.77. The van der Waals surface area contributed by atoms with Crippen LogP contribution < -0.4 is 5.32 Å². The molecule has 0 radical (unpaired) electrons. The van der Waals surface area contributed by atoms with E-state index < -0.39 is 5.60 Å². The van der Waals surface area contributed by atoms with E-state index in [9.17, 15) is 5.11 Å². The maximum atomic E-state index is 10.7. The molecule has 1 aromatic carbocycles. The van der Waals surface area contributed by atoms with Crippen LogP contribution in [0.3, 0.4) is 0 Å². The van der Waals surface area contributed by atoms with Crippen molar-refractivity contribution >= 4 is 5.69 Å². The van der Waals surface area contributed by atoms with Crippen LogP contribution in [0.4, 0.5) is 5.69 Å². The standard InChI is InChI=1S/C29H42N2O/c1-19(31-22-10-7-20(18-30)8-11-22)26-5-4-6-27-25-12-9-21-17-28(2,32)15-13-23(21)24(25)14-16-29(26,27)3/h7-8,10-11,19,21,23-27,31-32H,4-6,9,12-17H2,1-3H3/t19-,21+,23-,24?,25+,26+,27-,28+,29+/m0/s1. The van der Waals surface area contributed by atoms with Crippen molar-refractivity contribution in [3.8, 4) is 6.07 Å². The zero-order valence-electron chi connectivity index (χ0n) is 20.3. The molecular formula is C29H42N2O. The van der Waals surface area contributed by atoms with Crippen molar-refractivity contribution in [3.63, 3.8) is 0 Å². The van der Waals surface area contributed by atoms with Crippen molar-refractivity contribution in [2.75, 3.05) is 5.32 Å². The quantitative estimate of drug-likeness (QED) is 0.552. The fraction of sp³-hybridized carbons (Fsp3) is 0.759. The van der Waals surface area contributed by atoms with Gasteiger partial charge in [0.25, 0.3) is 0 Å². The van der Waals surface area contributed by atoms with Crippen LogP contribution in [0.2, 0.25) is 0 Å². The average molecular weight is 435 g/mol. The lowest BCUT2D eigenvalue weighted by atomic mass is 9.44. The number of hydrogen-bond donors (Lipinski definition) is 2. The van der Waals surface area contributed by atoms with Gasteiger partial charge in [-0.1, -0.05) is 13.3 Å². The van der Waals surface area contributed by atoms with E-state index in [0.29, 0.717) is 17.4 Å². The highest BCUT2D eigenvalue weighted by atomic mass is 16.3. The van der Waals surface area contributed by atoms with Gasteiger partial charge in [0, 0.05) is 11.7 Å². The third-order valence-electron chi connectivity index (χ3n) is 10.6. The molecule has 1 unspecified atom stereocenters. The number of nitrogens with zero attached hydrogens (tertiary/aromatic N) is 1. The number of rotatable bonds is 3. The summed E-state index contributed by atoms with van der Waals surface area (Å²) in [5.41, 5.74) is 1.89. The molecule has 174 valence electrons. The first-order valence-electron chi connectivity index (χ1n) is 13.3. The summed E-state index contributed by atoms with van der Waals surface area (Å²) in [7, 11) is 0. The van der Waals surface area contributed by atoms with Crippen LogP contribution in [-0.4, -0.2) is 16.7 Å². The van der Waals surface area contributed by atoms with Crippen molar-refractivity contribution < 1.29 is 5.11 Å². The highest BCUT2D eigenvalue weighted by molar-refractivity contribution is 5.48. The Labute approximate surface area is 195 Å². The molecule has 4 saturated carbocycles. The number of anilines is 1. The number of fused-ring (bicyclic) bond motifs is 5. The second-order valence-corrected chi connectivity index (χ2v) is 12.4. The monoisotopic (exact) mass is 434 g/mol. The minimum Gasteiger partial charge on any atom is -0.390 e. The molecule has 9 atom stereocenters. The van der Waals surface area contributed by atoms with Gasteiger partial charge in [-0.15, -0.1) is 0 Å². The summed E-state index contributed by atoms with van der Waals surface area (Å²) < 4.78 is 0. The molecule has 0 aliphatic heterocycles. The topological polar surface area (TPSA) is 56.0 Å². The lowest BCUT2D eigenvalue weighted by Gasteiger charge is -2.61. The maximum Gasteiger partial charge on any atom is 0.0991 e. The summed E-state index contributed by atoms with van der Waals surface area (Å²) in [5, 5.41) is 23.6. The molecule has 5 rings (SSSR count). The Morgan fingerprint density at radius 3 is 2.47 bits per heavy atom. The van der Waals surface area contributed by atoms with Crippen molar-refractivity contribution in [2.24, 2.45) is 40.9 Å². The first-order valence-corrected chi connectivity index (χ1v) is 13.3. The minimum atomic E-state index is -0.417. The van der Waals surface area contributed by atoms with E-state index in [1.165, 1.54) is 51.4 Å². The fourth-order valence-corrected chi connectivity index (χ4v) is 9.15. The Kier molecular flexibility index (Phi) is 5.81. The van der Waals surface area contributed by atoms with Gasteiger partial charge in [0.2, 0.25) is 0 Å². The first-order chi connectivity index (χ1) is 15.3. The van der Waals surface area contributed by atoms with E-state index in [2.05, 4.69) is 44.3 Å². The van der Waals surface area contributed by atoms with Gasteiger partial charge in [0.15, 0.2) is 0 Å². The molecule has 1 aromatic rings. The highest BCUT2D eigenvalue weighted by Crippen LogP contribution is 2.63. The maximum absolute atomic E-state index is 10.7. The van der Waals surface area contributed by atoms with Crippen molar-refractivity contribution in [1.29, 1.82) is 5.26 Å². The molecule has 0 bridgehead atoms. The smallest absolute Gasteiger partial charge is 0.0991 e. The second kappa shape index (κ2) is 8.35. The molecule has 0 amide bonds. The van der Waals surface area contributed by atoms with E-state index in [1.807, 2.05) is 12.1 Å². The predicted molar refractivity (Wildman–Crippen MR) is 130 cm³/mol. The zero-order chi connectivity index (χ0) is 22.5. The number of aliphatic hydroxyl groups is 1. The summed E-state index contributed by atoms with van der Waals surface area (Å²) >= 11 is 0. The molecule has 0 spiro atoms. The van der Waals surface area contributed by atoms with Gasteiger partial charge < -0.3 is 10.4 Å². The van der Waals surface area contributed by atoms with Crippen LogP contribution in [0.15, 0.2) is 24.3 Å². The molecule has 0 saturated heterocycles. The van der Waals surface area contributed by atoms with E-state index in [0.717, 1.165) is 53.7 Å². The Balaban J connectivity index is 1.31. The van der Waals surface area contributed by atoms with Gasteiger partial charge in [-0.25, -0.2) is 0 Å². The summed E-state index contributed by atoms with van der Waals surface area (Å²) in [6.07, 6.45) is 13.0. The van der Waals surface area contributed by atoms with Crippen molar-refractivity contribution in [1.82, 2.24) is 0 Å². The molecular weight excluding hydrogens is 392 g/mol. The van der Waals surface area contributed by atoms with Gasteiger partial charge in [-0.2, -0.15) is 5.26 Å². The van der Waals surface area contributed by atoms with Gasteiger partial charge in [-0.3, -0.25) is 0 Å². The Morgan fingerprint density at radius 1 is 0.969 bits per heavy atom. The molecule has 4 aliphatic carbocycles. The Morgan fingerprint density at radius 2 is 1.72 bits per heavy atom. The summed E-state index contributed by atoms with van der Waals surface area (Å²) in [5.74, 6) is 5.02. The van der Waals surface area contributed by atoms with E-state index in [-0.39, 0.29) is 0 Å². The van der Waals surface area contributed by atoms with Crippen LogP contribution in [0.25, 0.3) is 0 Å². The number of nitrogens with one attached hydrogen (secondary N) is 1. The Hall–Kier alpha value is -1.53. The molecule has 32 heavy (non-hydrogen) atoms. The van der Waals surface area contributed by atoms with Crippen LogP contribution >= 0.6 is 0 Å². The SMILES string of the molecule is C[C@H](Nc1ccc(C#N)cc1)[C@H]1CCC[C@H]2[C@@H]3CC[C@@H]4C[C@](C)(O)CC[C@@H]4C3CC[C@]12C. The minimum absolute atomic E-state index is 0.417. The van der Waals surface area contributed by atoms with Crippen LogP contribution in [0, 0.1) is 52.3 Å². The highest BCUT2D eigenvalue weighted by Gasteiger charge is 2.56. The lowest BCUT2D eigenvalue weighted by Crippen LogP contribution is -2.55. The van der Waals surface area contributed by atoms with Gasteiger partial charge in [0.05, 0.1) is 17.2 Å². The van der Waals surface area contributed by atoms with Gasteiger partial charge in [0.1, 0.15) is 0 Å². The lowest BCUT2D eigenvalue weighted by molar-refractivity contribution is -0.128. The number of nitriles is 1. The van der Waals surface area contributed by atoms with Crippen molar-refractivity contribution in [2.45, 2.75) is 96.6 Å². The second-order valence-electron chi connectivity index (χ2n) is 12.4. The first kappa shape index (κ1) is 22.3. The number of hydrogen-bond acceptors (Lipinski definition) is 3. The van der Waals surface area contributed by atoms with E-state index >= 15 is 0 Å². The molecule has 4 aliphatic rings. The third kappa shape index (κ3) is 3.87. The van der Waals surface area contributed by atoms with Gasteiger partial charge >= 0.3 is 0 Å². The Bertz CT molecular complexity index is 855. The predicted octanol–water partition coefficient (Wildman–Crippen LogP) is 6.77. The largest absolute Gasteiger partial charge is 0.390 e. The summed E-state index contributed by atoms with van der Waals surface area (Å²) in [6.45, 7) is 7.09. The molecule has 0 aromatic heterocycles. The molecule has 0 heterocycles.